The Morgan fingerprint density at radius 1 is 1.37 bits per heavy atom. The molecule has 1 amide bonds. The van der Waals surface area contributed by atoms with Crippen LogP contribution >= 0.6 is 11.6 Å². The molecule has 2 fully saturated rings. The maximum atomic E-state index is 12.1. The van der Waals surface area contributed by atoms with Gasteiger partial charge in [0.05, 0.1) is 16.3 Å². The number of amides is 1. The zero-order chi connectivity index (χ0) is 13.4. The van der Waals surface area contributed by atoms with Crippen molar-refractivity contribution in [3.8, 4) is 0 Å². The van der Waals surface area contributed by atoms with Crippen molar-refractivity contribution in [3.05, 3.63) is 28.8 Å². The molecule has 0 radical (unpaired) electrons. The predicted molar refractivity (Wildman–Crippen MR) is 77.1 cm³/mol. The van der Waals surface area contributed by atoms with Crippen molar-refractivity contribution in [2.45, 2.75) is 25.7 Å². The van der Waals surface area contributed by atoms with Crippen LogP contribution in [0.15, 0.2) is 18.2 Å². The normalized spacial score (nSPS) is 28.6. The lowest BCUT2D eigenvalue weighted by Gasteiger charge is -2.22. The minimum Gasteiger partial charge on any atom is -0.398 e. The molecule has 2 bridgehead atoms. The second kappa shape index (κ2) is 5.04. The van der Waals surface area contributed by atoms with E-state index in [2.05, 4.69) is 5.32 Å². The quantitative estimate of drug-likeness (QED) is 0.835. The summed E-state index contributed by atoms with van der Waals surface area (Å²) in [6.45, 7) is 0.769. The highest BCUT2D eigenvalue weighted by Crippen LogP contribution is 2.47. The van der Waals surface area contributed by atoms with Crippen molar-refractivity contribution in [1.29, 1.82) is 0 Å². The molecule has 2 aliphatic rings. The fraction of sp³-hybridized carbons (Fsp3) is 0.533. The zero-order valence-corrected chi connectivity index (χ0v) is 11.6. The van der Waals surface area contributed by atoms with Gasteiger partial charge in [0.2, 0.25) is 0 Å². The molecule has 102 valence electrons. The fourth-order valence-corrected chi connectivity index (χ4v) is 3.88. The minimum absolute atomic E-state index is 0.111. The predicted octanol–water partition coefficient (Wildman–Crippen LogP) is 3.09. The van der Waals surface area contributed by atoms with Crippen LogP contribution in [-0.2, 0) is 0 Å². The van der Waals surface area contributed by atoms with Crippen LogP contribution in [0.1, 0.15) is 36.0 Å². The summed E-state index contributed by atoms with van der Waals surface area (Å²) in [4.78, 5) is 12.1. The van der Waals surface area contributed by atoms with Gasteiger partial charge in [-0.3, -0.25) is 4.79 Å². The molecular formula is C15H19ClN2O. The van der Waals surface area contributed by atoms with Crippen molar-refractivity contribution >= 4 is 23.2 Å². The summed E-state index contributed by atoms with van der Waals surface area (Å²) in [5.41, 5.74) is 6.64. The molecule has 2 saturated carbocycles. The molecule has 3 unspecified atom stereocenters. The van der Waals surface area contributed by atoms with Gasteiger partial charge in [-0.25, -0.2) is 0 Å². The topological polar surface area (TPSA) is 55.1 Å². The van der Waals surface area contributed by atoms with Crippen LogP contribution in [-0.4, -0.2) is 12.5 Å². The smallest absolute Gasteiger partial charge is 0.252 e. The highest BCUT2D eigenvalue weighted by atomic mass is 35.5. The molecule has 3 nitrogen and oxygen atoms in total. The first-order valence-electron chi connectivity index (χ1n) is 6.97. The van der Waals surface area contributed by atoms with E-state index in [1.54, 1.807) is 18.2 Å². The number of nitrogen functional groups attached to an aromatic ring is 1. The van der Waals surface area contributed by atoms with E-state index in [1.807, 2.05) is 0 Å². The van der Waals surface area contributed by atoms with Crippen LogP contribution < -0.4 is 11.1 Å². The largest absolute Gasteiger partial charge is 0.398 e. The lowest BCUT2D eigenvalue weighted by molar-refractivity contribution is 0.0942. The van der Waals surface area contributed by atoms with Gasteiger partial charge in [0, 0.05) is 6.54 Å². The van der Waals surface area contributed by atoms with Gasteiger partial charge in [-0.2, -0.15) is 0 Å². The summed E-state index contributed by atoms with van der Waals surface area (Å²) in [7, 11) is 0. The van der Waals surface area contributed by atoms with Gasteiger partial charge in [-0.15, -0.1) is 0 Å². The monoisotopic (exact) mass is 278 g/mol. The molecular weight excluding hydrogens is 260 g/mol. The maximum Gasteiger partial charge on any atom is 0.252 e. The standard InChI is InChI=1S/C15H19ClN2O/c16-14-12(2-1-3-13(14)17)15(19)18-8-11-7-9-4-5-10(11)6-9/h1-3,9-11H,4-8,17H2,(H,18,19). The Bertz CT molecular complexity index is 503. The van der Waals surface area contributed by atoms with E-state index in [0.717, 1.165) is 18.4 Å². The van der Waals surface area contributed by atoms with Crippen LogP contribution in [0.4, 0.5) is 5.69 Å². The van der Waals surface area contributed by atoms with Crippen molar-refractivity contribution in [2.75, 3.05) is 12.3 Å². The molecule has 3 N–H and O–H groups in total. The molecule has 3 rings (SSSR count). The zero-order valence-electron chi connectivity index (χ0n) is 10.9. The third kappa shape index (κ3) is 2.44. The number of carbonyl (C=O) groups excluding carboxylic acids is 1. The van der Waals surface area contributed by atoms with E-state index >= 15 is 0 Å². The molecule has 0 aliphatic heterocycles. The highest BCUT2D eigenvalue weighted by molar-refractivity contribution is 6.36. The van der Waals surface area contributed by atoms with Gasteiger partial charge in [-0.05, 0) is 49.1 Å². The maximum absolute atomic E-state index is 12.1. The molecule has 0 saturated heterocycles. The van der Waals surface area contributed by atoms with Crippen LogP contribution in [0.25, 0.3) is 0 Å². The molecule has 0 aromatic heterocycles. The Kier molecular flexibility index (Phi) is 3.40. The molecule has 2 aliphatic carbocycles. The molecule has 1 aromatic rings. The number of benzene rings is 1. The first-order chi connectivity index (χ1) is 9.15. The Balaban J connectivity index is 1.61. The van der Waals surface area contributed by atoms with E-state index in [1.165, 1.54) is 25.7 Å². The SMILES string of the molecule is Nc1cccc(C(=O)NCC2CC3CCC2C3)c1Cl. The van der Waals surface area contributed by atoms with Gasteiger partial charge in [0.15, 0.2) is 0 Å². The van der Waals surface area contributed by atoms with Crippen molar-refractivity contribution < 1.29 is 4.79 Å². The van der Waals surface area contributed by atoms with Crippen LogP contribution in [0.2, 0.25) is 5.02 Å². The van der Waals surface area contributed by atoms with E-state index in [4.69, 9.17) is 17.3 Å². The molecule has 0 spiro atoms. The number of carbonyl (C=O) groups is 1. The van der Waals surface area contributed by atoms with Gasteiger partial charge < -0.3 is 11.1 Å². The third-order valence-electron chi connectivity index (χ3n) is 4.68. The van der Waals surface area contributed by atoms with Crippen LogP contribution in [0, 0.1) is 17.8 Å². The number of nitrogens with two attached hydrogens (primary N) is 1. The molecule has 19 heavy (non-hydrogen) atoms. The average molecular weight is 279 g/mol. The Morgan fingerprint density at radius 2 is 2.21 bits per heavy atom. The lowest BCUT2D eigenvalue weighted by Crippen LogP contribution is -2.31. The van der Waals surface area contributed by atoms with Gasteiger partial charge in [0.1, 0.15) is 0 Å². The fourth-order valence-electron chi connectivity index (χ4n) is 3.67. The van der Waals surface area contributed by atoms with Crippen molar-refractivity contribution in [2.24, 2.45) is 17.8 Å². The van der Waals surface area contributed by atoms with Crippen molar-refractivity contribution in [3.63, 3.8) is 0 Å². The van der Waals surface area contributed by atoms with Gasteiger partial charge in [0.25, 0.3) is 5.91 Å². The number of hydrogen-bond acceptors (Lipinski definition) is 2. The summed E-state index contributed by atoms with van der Waals surface area (Å²) in [6.07, 6.45) is 5.36. The average Bonchev–Trinajstić information content (AvgIpc) is 3.01. The van der Waals surface area contributed by atoms with Gasteiger partial charge >= 0.3 is 0 Å². The lowest BCUT2D eigenvalue weighted by atomic mass is 9.89. The molecule has 1 aromatic carbocycles. The van der Waals surface area contributed by atoms with E-state index in [-0.39, 0.29) is 5.91 Å². The van der Waals surface area contributed by atoms with Crippen LogP contribution in [0.5, 0.6) is 0 Å². The Labute approximate surface area is 118 Å². The summed E-state index contributed by atoms with van der Waals surface area (Å²) < 4.78 is 0. The van der Waals surface area contributed by atoms with E-state index < -0.39 is 0 Å². The Hall–Kier alpha value is -1.22. The number of hydrogen-bond donors (Lipinski definition) is 2. The number of fused-ring (bicyclic) bond motifs is 2. The molecule has 4 heteroatoms. The van der Waals surface area contributed by atoms with Crippen molar-refractivity contribution in [1.82, 2.24) is 5.32 Å². The Morgan fingerprint density at radius 3 is 2.89 bits per heavy atom. The first-order valence-corrected chi connectivity index (χ1v) is 7.35. The number of anilines is 1. The third-order valence-corrected chi connectivity index (χ3v) is 5.10. The van der Waals surface area contributed by atoms with E-state index in [0.29, 0.717) is 22.2 Å². The minimum atomic E-state index is -0.111. The number of halogens is 1. The number of nitrogens with one attached hydrogen (secondary N) is 1. The second-order valence-corrected chi connectivity index (χ2v) is 6.23. The summed E-state index contributed by atoms with van der Waals surface area (Å²) >= 11 is 6.06. The van der Waals surface area contributed by atoms with Gasteiger partial charge in [-0.1, -0.05) is 24.1 Å². The van der Waals surface area contributed by atoms with E-state index in [9.17, 15) is 4.79 Å². The molecule has 3 atom stereocenters. The molecule has 0 heterocycles. The van der Waals surface area contributed by atoms with Crippen LogP contribution in [0.3, 0.4) is 0 Å². The summed E-state index contributed by atoms with van der Waals surface area (Å²) in [5.74, 6) is 2.27. The first kappa shape index (κ1) is 12.8. The number of rotatable bonds is 3. The summed E-state index contributed by atoms with van der Waals surface area (Å²) in [6, 6.07) is 5.18. The highest BCUT2D eigenvalue weighted by Gasteiger charge is 2.39. The summed E-state index contributed by atoms with van der Waals surface area (Å²) in [5, 5.41) is 3.37. The second-order valence-electron chi connectivity index (χ2n) is 5.85.